The minimum absolute atomic E-state index is 0.210. The normalized spacial score (nSPS) is 12.1. The van der Waals surface area contributed by atoms with Crippen molar-refractivity contribution in [3.05, 3.63) is 58.9 Å². The van der Waals surface area contributed by atoms with Crippen LogP contribution in [0.3, 0.4) is 0 Å². The van der Waals surface area contributed by atoms with Crippen molar-refractivity contribution in [2.75, 3.05) is 14.2 Å². The third-order valence-electron chi connectivity index (χ3n) is 3.19. The maximum Gasteiger partial charge on any atom is 0.131 e. The van der Waals surface area contributed by atoms with Gasteiger partial charge in [-0.15, -0.1) is 0 Å². The quantitative estimate of drug-likeness (QED) is 0.756. The third kappa shape index (κ3) is 2.96. The fourth-order valence-corrected chi connectivity index (χ4v) is 2.74. The molecule has 2 aromatic carbocycles. The molecule has 0 bridgehead atoms. The van der Waals surface area contributed by atoms with E-state index in [0.717, 1.165) is 16.9 Å². The van der Waals surface area contributed by atoms with E-state index >= 15 is 0 Å². The summed E-state index contributed by atoms with van der Waals surface area (Å²) in [5, 5.41) is 0. The Bertz CT molecular complexity index is 613. The molecular formula is C16H16BrFO2. The SMILES string of the molecule is COc1ccc(C(Br)c2ccc(OC)c(C)c2)c(F)c1. The number of hydrogen-bond donors (Lipinski definition) is 0. The molecule has 4 heteroatoms. The summed E-state index contributed by atoms with van der Waals surface area (Å²) >= 11 is 3.55. The number of rotatable bonds is 4. The van der Waals surface area contributed by atoms with Crippen LogP contribution in [0, 0.1) is 12.7 Å². The van der Waals surface area contributed by atoms with Crippen molar-refractivity contribution < 1.29 is 13.9 Å². The maximum absolute atomic E-state index is 14.1. The maximum atomic E-state index is 14.1. The van der Waals surface area contributed by atoms with Gasteiger partial charge in [0.15, 0.2) is 0 Å². The summed E-state index contributed by atoms with van der Waals surface area (Å²) in [7, 11) is 3.16. The molecule has 0 amide bonds. The van der Waals surface area contributed by atoms with Crippen LogP contribution < -0.4 is 9.47 Å². The van der Waals surface area contributed by atoms with Gasteiger partial charge in [0, 0.05) is 11.6 Å². The molecule has 0 N–H and O–H groups in total. The van der Waals surface area contributed by atoms with E-state index in [1.165, 1.54) is 13.2 Å². The number of aryl methyl sites for hydroxylation is 1. The van der Waals surface area contributed by atoms with Crippen LogP contribution in [0.1, 0.15) is 21.5 Å². The van der Waals surface area contributed by atoms with E-state index in [0.29, 0.717) is 11.3 Å². The number of alkyl halides is 1. The van der Waals surface area contributed by atoms with Crippen LogP contribution in [0.25, 0.3) is 0 Å². The summed E-state index contributed by atoms with van der Waals surface area (Å²) in [5.74, 6) is 1.04. The Labute approximate surface area is 126 Å². The van der Waals surface area contributed by atoms with E-state index < -0.39 is 0 Å². The number of benzene rings is 2. The molecule has 0 spiro atoms. The lowest BCUT2D eigenvalue weighted by Gasteiger charge is -2.14. The summed E-state index contributed by atoms with van der Waals surface area (Å²) in [6.45, 7) is 1.96. The Hall–Kier alpha value is -1.55. The molecule has 0 aromatic heterocycles. The predicted molar refractivity (Wildman–Crippen MR) is 81.5 cm³/mol. The fraction of sp³-hybridized carbons (Fsp3) is 0.250. The van der Waals surface area contributed by atoms with E-state index in [9.17, 15) is 4.39 Å². The van der Waals surface area contributed by atoms with Crippen molar-refractivity contribution >= 4 is 15.9 Å². The first kappa shape index (κ1) is 14.9. The van der Waals surface area contributed by atoms with Gasteiger partial charge in [-0.05, 0) is 30.2 Å². The lowest BCUT2D eigenvalue weighted by atomic mass is 10.0. The summed E-state index contributed by atoms with van der Waals surface area (Å²) in [6, 6.07) is 10.7. The van der Waals surface area contributed by atoms with Crippen molar-refractivity contribution in [2.45, 2.75) is 11.8 Å². The largest absolute Gasteiger partial charge is 0.497 e. The Morgan fingerprint density at radius 2 is 1.80 bits per heavy atom. The smallest absolute Gasteiger partial charge is 0.131 e. The van der Waals surface area contributed by atoms with Gasteiger partial charge in [-0.1, -0.05) is 34.1 Å². The standard InChI is InChI=1S/C16H16BrFO2/c1-10-8-11(4-7-15(10)20-3)16(17)13-6-5-12(19-2)9-14(13)18/h4-9,16H,1-3H3. The van der Waals surface area contributed by atoms with Crippen LogP contribution in [0.4, 0.5) is 4.39 Å². The zero-order chi connectivity index (χ0) is 14.7. The minimum atomic E-state index is -0.292. The predicted octanol–water partition coefficient (Wildman–Crippen LogP) is 4.64. The lowest BCUT2D eigenvalue weighted by molar-refractivity contribution is 0.410. The molecule has 20 heavy (non-hydrogen) atoms. The highest BCUT2D eigenvalue weighted by molar-refractivity contribution is 9.09. The number of methoxy groups -OCH3 is 2. The van der Waals surface area contributed by atoms with Crippen molar-refractivity contribution in [2.24, 2.45) is 0 Å². The number of halogens is 2. The second-order valence-electron chi connectivity index (χ2n) is 4.48. The van der Waals surface area contributed by atoms with Crippen LogP contribution in [0.5, 0.6) is 11.5 Å². The van der Waals surface area contributed by atoms with Crippen molar-refractivity contribution in [3.8, 4) is 11.5 Å². The summed E-state index contributed by atoms with van der Waals surface area (Å²) in [5.41, 5.74) is 2.58. The molecule has 2 aromatic rings. The molecule has 0 radical (unpaired) electrons. The van der Waals surface area contributed by atoms with E-state index in [2.05, 4.69) is 15.9 Å². The topological polar surface area (TPSA) is 18.5 Å². The van der Waals surface area contributed by atoms with Crippen molar-refractivity contribution in [1.29, 1.82) is 0 Å². The van der Waals surface area contributed by atoms with Gasteiger partial charge in [0.25, 0.3) is 0 Å². The molecule has 0 aliphatic heterocycles. The average molecular weight is 339 g/mol. The molecular weight excluding hydrogens is 323 g/mol. The first-order chi connectivity index (χ1) is 9.56. The first-order valence-corrected chi connectivity index (χ1v) is 7.10. The van der Waals surface area contributed by atoms with Gasteiger partial charge in [0.2, 0.25) is 0 Å². The summed E-state index contributed by atoms with van der Waals surface area (Å²) in [4.78, 5) is -0.210. The molecule has 0 saturated heterocycles. The molecule has 0 aliphatic rings. The van der Waals surface area contributed by atoms with Gasteiger partial charge in [-0.25, -0.2) is 4.39 Å². The van der Waals surface area contributed by atoms with E-state index in [-0.39, 0.29) is 10.6 Å². The molecule has 0 heterocycles. The lowest BCUT2D eigenvalue weighted by Crippen LogP contribution is -1.98. The van der Waals surface area contributed by atoms with Crippen molar-refractivity contribution in [1.82, 2.24) is 0 Å². The van der Waals surface area contributed by atoms with Crippen LogP contribution >= 0.6 is 15.9 Å². The second kappa shape index (κ2) is 6.27. The fourth-order valence-electron chi connectivity index (χ4n) is 2.08. The van der Waals surface area contributed by atoms with Crippen LogP contribution in [0.2, 0.25) is 0 Å². The van der Waals surface area contributed by atoms with Gasteiger partial charge < -0.3 is 9.47 Å². The van der Waals surface area contributed by atoms with Gasteiger partial charge in [-0.3, -0.25) is 0 Å². The van der Waals surface area contributed by atoms with Gasteiger partial charge in [-0.2, -0.15) is 0 Å². The highest BCUT2D eigenvalue weighted by Crippen LogP contribution is 2.35. The monoisotopic (exact) mass is 338 g/mol. The molecule has 2 nitrogen and oxygen atoms in total. The highest BCUT2D eigenvalue weighted by Gasteiger charge is 2.16. The second-order valence-corrected chi connectivity index (χ2v) is 5.39. The molecule has 0 fully saturated rings. The Kier molecular flexibility index (Phi) is 4.65. The zero-order valence-electron chi connectivity index (χ0n) is 11.6. The Balaban J connectivity index is 2.35. The van der Waals surface area contributed by atoms with E-state index in [1.54, 1.807) is 19.2 Å². The number of hydrogen-bond acceptors (Lipinski definition) is 2. The molecule has 0 aliphatic carbocycles. The molecule has 1 unspecified atom stereocenters. The third-order valence-corrected chi connectivity index (χ3v) is 4.21. The number of ether oxygens (including phenoxy) is 2. The van der Waals surface area contributed by atoms with Gasteiger partial charge >= 0.3 is 0 Å². The van der Waals surface area contributed by atoms with Crippen LogP contribution in [-0.4, -0.2) is 14.2 Å². The molecule has 2 rings (SSSR count). The summed E-state index contributed by atoms with van der Waals surface area (Å²) in [6.07, 6.45) is 0. The van der Waals surface area contributed by atoms with Crippen LogP contribution in [0.15, 0.2) is 36.4 Å². The van der Waals surface area contributed by atoms with E-state index in [1.807, 2.05) is 25.1 Å². The Morgan fingerprint density at radius 1 is 1.05 bits per heavy atom. The summed E-state index contributed by atoms with van der Waals surface area (Å²) < 4.78 is 24.3. The average Bonchev–Trinajstić information content (AvgIpc) is 2.46. The first-order valence-electron chi connectivity index (χ1n) is 6.19. The zero-order valence-corrected chi connectivity index (χ0v) is 13.2. The molecule has 0 saturated carbocycles. The van der Waals surface area contributed by atoms with Gasteiger partial charge in [0.05, 0.1) is 19.0 Å². The molecule has 106 valence electrons. The molecule has 1 atom stereocenters. The van der Waals surface area contributed by atoms with Crippen LogP contribution in [-0.2, 0) is 0 Å². The van der Waals surface area contributed by atoms with E-state index in [4.69, 9.17) is 9.47 Å². The minimum Gasteiger partial charge on any atom is -0.497 e. The highest BCUT2D eigenvalue weighted by atomic mass is 79.9. The van der Waals surface area contributed by atoms with Gasteiger partial charge in [0.1, 0.15) is 17.3 Å². The van der Waals surface area contributed by atoms with Crippen molar-refractivity contribution in [3.63, 3.8) is 0 Å². The Morgan fingerprint density at radius 3 is 2.35 bits per heavy atom.